The third kappa shape index (κ3) is 4.63. The summed E-state index contributed by atoms with van der Waals surface area (Å²) < 4.78 is 15.5. The van der Waals surface area contributed by atoms with Crippen LogP contribution in [0.25, 0.3) is 11.0 Å². The van der Waals surface area contributed by atoms with Crippen molar-refractivity contribution in [1.82, 2.24) is 0 Å². The smallest absolute Gasteiger partial charge is 0.336 e. The van der Waals surface area contributed by atoms with Gasteiger partial charge in [-0.3, -0.25) is 4.79 Å². The van der Waals surface area contributed by atoms with Crippen LogP contribution in [-0.4, -0.2) is 19.2 Å². The molecule has 0 aliphatic heterocycles. The van der Waals surface area contributed by atoms with Gasteiger partial charge in [0, 0.05) is 17.9 Å². The van der Waals surface area contributed by atoms with Gasteiger partial charge in [0.05, 0.1) is 13.2 Å². The normalized spacial score (nSPS) is 10.5. The number of benzene rings is 1. The van der Waals surface area contributed by atoms with Gasteiger partial charge in [-0.25, -0.2) is 4.79 Å². The molecular formula is C16H18O5. The molecule has 21 heavy (non-hydrogen) atoms. The van der Waals surface area contributed by atoms with E-state index in [1.165, 1.54) is 6.07 Å². The number of ether oxygens (including phenoxy) is 2. The number of hydrogen-bond donors (Lipinski definition) is 0. The molecule has 0 unspecified atom stereocenters. The molecule has 0 N–H and O–H groups in total. The van der Waals surface area contributed by atoms with Gasteiger partial charge in [0.1, 0.15) is 11.3 Å². The van der Waals surface area contributed by atoms with Gasteiger partial charge in [-0.1, -0.05) is 0 Å². The standard InChI is InChI=1S/C16H18O5/c1-2-19-15(17)5-3-4-10-20-13-7-8-14-12(11-13)6-9-16(18)21-14/h6-9,11H,2-5,10H2,1H3. The van der Waals surface area contributed by atoms with E-state index >= 15 is 0 Å². The molecule has 112 valence electrons. The summed E-state index contributed by atoms with van der Waals surface area (Å²) in [6, 6.07) is 8.38. The summed E-state index contributed by atoms with van der Waals surface area (Å²) in [6.45, 7) is 2.74. The van der Waals surface area contributed by atoms with Crippen molar-refractivity contribution in [1.29, 1.82) is 0 Å². The molecule has 2 rings (SSSR count). The Morgan fingerprint density at radius 3 is 2.86 bits per heavy atom. The van der Waals surface area contributed by atoms with Crippen molar-refractivity contribution < 1.29 is 18.7 Å². The molecule has 0 atom stereocenters. The summed E-state index contributed by atoms with van der Waals surface area (Å²) in [5.41, 5.74) is 0.173. The second kappa shape index (κ2) is 7.47. The summed E-state index contributed by atoms with van der Waals surface area (Å²) >= 11 is 0. The molecular weight excluding hydrogens is 272 g/mol. The molecule has 0 saturated heterocycles. The van der Waals surface area contributed by atoms with Gasteiger partial charge in [-0.15, -0.1) is 0 Å². The van der Waals surface area contributed by atoms with Crippen LogP contribution in [0.3, 0.4) is 0 Å². The maximum atomic E-state index is 11.2. The highest BCUT2D eigenvalue weighted by molar-refractivity contribution is 5.77. The minimum atomic E-state index is -0.366. The quantitative estimate of drug-likeness (QED) is 0.445. The van der Waals surface area contributed by atoms with Crippen molar-refractivity contribution in [2.45, 2.75) is 26.2 Å². The fourth-order valence-electron chi connectivity index (χ4n) is 1.93. The molecule has 2 aromatic rings. The molecule has 0 amide bonds. The van der Waals surface area contributed by atoms with Crippen LogP contribution in [0.15, 0.2) is 39.5 Å². The topological polar surface area (TPSA) is 65.7 Å². The van der Waals surface area contributed by atoms with Crippen LogP contribution in [-0.2, 0) is 9.53 Å². The summed E-state index contributed by atoms with van der Waals surface area (Å²) in [4.78, 5) is 22.2. The first kappa shape index (κ1) is 15.1. The predicted octanol–water partition coefficient (Wildman–Crippen LogP) is 2.91. The van der Waals surface area contributed by atoms with Crippen LogP contribution in [0, 0.1) is 0 Å². The van der Waals surface area contributed by atoms with Crippen molar-refractivity contribution in [3.8, 4) is 5.75 Å². The number of esters is 1. The molecule has 0 spiro atoms. The number of rotatable bonds is 7. The first-order valence-electron chi connectivity index (χ1n) is 7.01. The number of unbranched alkanes of at least 4 members (excludes halogenated alkanes) is 1. The SMILES string of the molecule is CCOC(=O)CCCCOc1ccc2oc(=O)ccc2c1. The van der Waals surface area contributed by atoms with E-state index in [9.17, 15) is 9.59 Å². The Hall–Kier alpha value is -2.30. The van der Waals surface area contributed by atoms with Gasteiger partial charge in [0.15, 0.2) is 0 Å². The number of carbonyl (C=O) groups excluding carboxylic acids is 1. The Kier molecular flexibility index (Phi) is 5.37. The van der Waals surface area contributed by atoms with Crippen LogP contribution < -0.4 is 10.4 Å². The highest BCUT2D eigenvalue weighted by Crippen LogP contribution is 2.19. The van der Waals surface area contributed by atoms with Crippen LogP contribution in [0.2, 0.25) is 0 Å². The summed E-state index contributed by atoms with van der Waals surface area (Å²) in [5.74, 6) is 0.547. The zero-order chi connectivity index (χ0) is 15.1. The molecule has 5 nitrogen and oxygen atoms in total. The second-order valence-electron chi connectivity index (χ2n) is 4.56. The van der Waals surface area contributed by atoms with E-state index in [-0.39, 0.29) is 11.6 Å². The third-order valence-corrected chi connectivity index (χ3v) is 2.94. The Balaban J connectivity index is 1.80. The van der Waals surface area contributed by atoms with E-state index in [2.05, 4.69) is 0 Å². The van der Waals surface area contributed by atoms with E-state index < -0.39 is 0 Å². The predicted molar refractivity (Wildman–Crippen MR) is 78.5 cm³/mol. The lowest BCUT2D eigenvalue weighted by molar-refractivity contribution is -0.143. The number of fused-ring (bicyclic) bond motifs is 1. The van der Waals surface area contributed by atoms with Crippen molar-refractivity contribution in [3.63, 3.8) is 0 Å². The molecule has 5 heteroatoms. The van der Waals surface area contributed by atoms with Crippen molar-refractivity contribution in [2.75, 3.05) is 13.2 Å². The minimum Gasteiger partial charge on any atom is -0.494 e. The average molecular weight is 290 g/mol. The van der Waals surface area contributed by atoms with Crippen LogP contribution in [0.4, 0.5) is 0 Å². The lowest BCUT2D eigenvalue weighted by atomic mass is 10.2. The molecule has 1 aromatic heterocycles. The fourth-order valence-corrected chi connectivity index (χ4v) is 1.93. The Morgan fingerprint density at radius 2 is 2.05 bits per heavy atom. The van der Waals surface area contributed by atoms with Crippen LogP contribution in [0.5, 0.6) is 5.75 Å². The Bertz CT molecular complexity index is 659. The molecule has 1 heterocycles. The summed E-state index contributed by atoms with van der Waals surface area (Å²) in [7, 11) is 0. The largest absolute Gasteiger partial charge is 0.494 e. The molecule has 0 aliphatic carbocycles. The highest BCUT2D eigenvalue weighted by Gasteiger charge is 2.02. The summed E-state index contributed by atoms with van der Waals surface area (Å²) in [5, 5.41) is 0.818. The maximum absolute atomic E-state index is 11.2. The second-order valence-corrected chi connectivity index (χ2v) is 4.56. The molecule has 0 saturated carbocycles. The number of carbonyl (C=O) groups is 1. The van der Waals surface area contributed by atoms with Crippen molar-refractivity contribution >= 4 is 16.9 Å². The van der Waals surface area contributed by atoms with E-state index in [0.29, 0.717) is 31.0 Å². The van der Waals surface area contributed by atoms with E-state index in [0.717, 1.165) is 18.2 Å². The monoisotopic (exact) mass is 290 g/mol. The molecule has 0 aliphatic rings. The highest BCUT2D eigenvalue weighted by atomic mass is 16.5. The third-order valence-electron chi connectivity index (χ3n) is 2.94. The number of hydrogen-bond acceptors (Lipinski definition) is 5. The first-order chi connectivity index (χ1) is 10.2. The van der Waals surface area contributed by atoms with Crippen LogP contribution >= 0.6 is 0 Å². The van der Waals surface area contributed by atoms with Crippen LogP contribution in [0.1, 0.15) is 26.2 Å². The Labute approximate surface area is 122 Å². The van der Waals surface area contributed by atoms with Gasteiger partial charge in [-0.2, -0.15) is 0 Å². The van der Waals surface area contributed by atoms with Gasteiger partial charge >= 0.3 is 11.6 Å². The minimum absolute atomic E-state index is 0.168. The van der Waals surface area contributed by atoms with Gasteiger partial charge in [0.2, 0.25) is 0 Å². The van der Waals surface area contributed by atoms with Gasteiger partial charge < -0.3 is 13.9 Å². The Morgan fingerprint density at radius 1 is 1.19 bits per heavy atom. The molecule has 0 radical (unpaired) electrons. The maximum Gasteiger partial charge on any atom is 0.336 e. The van der Waals surface area contributed by atoms with Crippen molar-refractivity contribution in [2.24, 2.45) is 0 Å². The van der Waals surface area contributed by atoms with E-state index in [1.54, 1.807) is 25.1 Å². The van der Waals surface area contributed by atoms with Gasteiger partial charge in [0.25, 0.3) is 0 Å². The average Bonchev–Trinajstić information content (AvgIpc) is 2.47. The fraction of sp³-hybridized carbons (Fsp3) is 0.375. The zero-order valence-electron chi connectivity index (χ0n) is 12.0. The lowest BCUT2D eigenvalue weighted by Crippen LogP contribution is -2.05. The van der Waals surface area contributed by atoms with Crippen molar-refractivity contribution in [3.05, 3.63) is 40.8 Å². The molecule has 0 bridgehead atoms. The first-order valence-corrected chi connectivity index (χ1v) is 7.01. The lowest BCUT2D eigenvalue weighted by Gasteiger charge is -2.06. The van der Waals surface area contributed by atoms with E-state index in [1.807, 2.05) is 6.07 Å². The molecule has 0 fully saturated rings. The summed E-state index contributed by atoms with van der Waals surface area (Å²) in [6.07, 6.45) is 1.93. The van der Waals surface area contributed by atoms with E-state index in [4.69, 9.17) is 13.9 Å². The zero-order valence-corrected chi connectivity index (χ0v) is 12.0. The van der Waals surface area contributed by atoms with Gasteiger partial charge in [-0.05, 0) is 44.0 Å². The molecule has 1 aromatic carbocycles.